The summed E-state index contributed by atoms with van der Waals surface area (Å²) in [6.07, 6.45) is -1.16. The third-order valence-corrected chi connectivity index (χ3v) is 6.60. The summed E-state index contributed by atoms with van der Waals surface area (Å²) in [5.74, 6) is -2.80. The number of alkyl halides is 3. The van der Waals surface area contributed by atoms with Gasteiger partial charge in [0, 0.05) is 42.1 Å². The molecule has 2 aliphatic rings. The molecule has 2 aromatic carbocycles. The van der Waals surface area contributed by atoms with Gasteiger partial charge >= 0.3 is 12.1 Å². The van der Waals surface area contributed by atoms with Crippen molar-refractivity contribution >= 4 is 23.3 Å². The second-order valence-electron chi connectivity index (χ2n) is 9.24. The predicted octanol–water partition coefficient (Wildman–Crippen LogP) is 5.25. The molecule has 6 nitrogen and oxygen atoms in total. The largest absolute Gasteiger partial charge is 0.490 e. The fraction of sp³-hybridized carbons (Fsp3) is 0.462. The van der Waals surface area contributed by atoms with E-state index in [0.717, 1.165) is 35.9 Å². The highest BCUT2D eigenvalue weighted by molar-refractivity contribution is 6.05. The first-order valence-electron chi connectivity index (χ1n) is 11.7. The number of aryl methyl sites for hydroxylation is 2. The number of nitrogens with zero attached hydrogens (tertiary/aromatic N) is 2. The number of anilines is 2. The fourth-order valence-electron chi connectivity index (χ4n) is 4.77. The monoisotopic (exact) mass is 491 g/mol. The lowest BCUT2D eigenvalue weighted by molar-refractivity contribution is -0.192. The highest BCUT2D eigenvalue weighted by atomic mass is 19.4. The van der Waals surface area contributed by atoms with Crippen LogP contribution >= 0.6 is 0 Å². The summed E-state index contributed by atoms with van der Waals surface area (Å²) in [7, 11) is 0. The van der Waals surface area contributed by atoms with Crippen LogP contribution in [-0.2, 0) is 4.79 Å². The molecule has 2 N–H and O–H groups in total. The van der Waals surface area contributed by atoms with Crippen LogP contribution in [0.1, 0.15) is 47.7 Å². The lowest BCUT2D eigenvalue weighted by Gasteiger charge is -2.28. The van der Waals surface area contributed by atoms with Gasteiger partial charge in [-0.3, -0.25) is 9.69 Å². The molecule has 2 aromatic rings. The first-order chi connectivity index (χ1) is 16.5. The Morgan fingerprint density at radius 2 is 1.69 bits per heavy atom. The van der Waals surface area contributed by atoms with E-state index in [1.165, 1.54) is 37.1 Å². The second-order valence-corrected chi connectivity index (χ2v) is 9.24. The van der Waals surface area contributed by atoms with E-state index in [4.69, 9.17) is 9.90 Å². The maximum atomic E-state index is 12.6. The molecule has 0 radical (unpaired) electrons. The van der Waals surface area contributed by atoms with Gasteiger partial charge < -0.3 is 15.3 Å². The van der Waals surface area contributed by atoms with E-state index in [1.54, 1.807) is 0 Å². The Morgan fingerprint density at radius 1 is 1.03 bits per heavy atom. The molecule has 9 heteroatoms. The number of nitrogens with one attached hydrogen (secondary N) is 1. The van der Waals surface area contributed by atoms with Crippen LogP contribution in [0.2, 0.25) is 0 Å². The van der Waals surface area contributed by atoms with Crippen molar-refractivity contribution in [3.63, 3.8) is 0 Å². The molecule has 2 heterocycles. The average Bonchev–Trinajstić information content (AvgIpc) is 3.43. The Bertz CT molecular complexity index is 1040. The van der Waals surface area contributed by atoms with E-state index in [2.05, 4.69) is 34.2 Å². The number of carboxylic acid groups (broad SMARTS) is 1. The number of aliphatic carboxylic acids is 1. The van der Waals surface area contributed by atoms with Gasteiger partial charge in [0.25, 0.3) is 5.91 Å². The lowest BCUT2D eigenvalue weighted by atomic mass is 10.1. The summed E-state index contributed by atoms with van der Waals surface area (Å²) >= 11 is 0. The van der Waals surface area contributed by atoms with E-state index in [9.17, 15) is 18.0 Å². The summed E-state index contributed by atoms with van der Waals surface area (Å²) < 4.78 is 31.7. The fourth-order valence-corrected chi connectivity index (χ4v) is 4.77. The van der Waals surface area contributed by atoms with Crippen LogP contribution in [-0.4, -0.2) is 59.8 Å². The Labute approximate surface area is 203 Å². The number of hydrogen-bond donors (Lipinski definition) is 2. The molecule has 0 aromatic heterocycles. The summed E-state index contributed by atoms with van der Waals surface area (Å²) in [6, 6.07) is 15.6. The average molecular weight is 492 g/mol. The highest BCUT2D eigenvalue weighted by Gasteiger charge is 2.38. The van der Waals surface area contributed by atoms with Crippen molar-refractivity contribution in [1.29, 1.82) is 0 Å². The highest BCUT2D eigenvalue weighted by Crippen LogP contribution is 2.29. The molecule has 2 unspecified atom stereocenters. The summed E-state index contributed by atoms with van der Waals surface area (Å²) in [5.41, 5.74) is 5.01. The molecule has 2 aliphatic heterocycles. The minimum absolute atomic E-state index is 0.0468. The number of hydrogen-bond acceptors (Lipinski definition) is 4. The Balaban J connectivity index is 0.000000429. The molecule has 0 aliphatic carbocycles. The molecule has 0 saturated carbocycles. The van der Waals surface area contributed by atoms with Crippen LogP contribution in [0.25, 0.3) is 0 Å². The van der Waals surface area contributed by atoms with Gasteiger partial charge in [0.2, 0.25) is 0 Å². The zero-order valence-electron chi connectivity index (χ0n) is 20.2. The standard InChI is InChI=1S/C24H31N3O.C2HF3O2/c1-17-6-11-23(18(2)15-17)24(28)25-20-7-9-21(10-8-20)26-14-12-22(16-26)27-13-4-5-19(27)3;3-2(4,5)1(6)7/h6-11,15,19,22H,4-5,12-14,16H2,1-3H3,(H,25,28);(H,6,7). The molecule has 2 fully saturated rings. The Hall–Kier alpha value is -3.07. The van der Waals surface area contributed by atoms with E-state index in [-0.39, 0.29) is 5.91 Å². The third-order valence-electron chi connectivity index (χ3n) is 6.60. The molecular weight excluding hydrogens is 459 g/mol. The predicted molar refractivity (Wildman–Crippen MR) is 130 cm³/mol. The SMILES string of the molecule is Cc1ccc(C(=O)Nc2ccc(N3CCC(N4CCCC4C)C3)cc2)c(C)c1.O=C(O)C(F)(F)F. The molecule has 35 heavy (non-hydrogen) atoms. The topological polar surface area (TPSA) is 72.9 Å². The van der Waals surface area contributed by atoms with Gasteiger partial charge in [0.05, 0.1) is 0 Å². The maximum Gasteiger partial charge on any atom is 0.490 e. The second kappa shape index (κ2) is 11.1. The van der Waals surface area contributed by atoms with E-state index >= 15 is 0 Å². The molecular formula is C26H32F3N3O3. The number of carbonyl (C=O) groups excluding carboxylic acids is 1. The number of carbonyl (C=O) groups is 2. The normalized spacial score (nSPS) is 20.3. The zero-order valence-corrected chi connectivity index (χ0v) is 20.2. The zero-order chi connectivity index (χ0) is 25.8. The van der Waals surface area contributed by atoms with Crippen LogP contribution in [0, 0.1) is 13.8 Å². The van der Waals surface area contributed by atoms with Crippen LogP contribution in [0.15, 0.2) is 42.5 Å². The van der Waals surface area contributed by atoms with Gasteiger partial charge in [-0.1, -0.05) is 17.7 Å². The van der Waals surface area contributed by atoms with Gasteiger partial charge in [-0.15, -0.1) is 0 Å². The van der Waals surface area contributed by atoms with Crippen molar-refractivity contribution in [3.8, 4) is 0 Å². The molecule has 2 saturated heterocycles. The summed E-state index contributed by atoms with van der Waals surface area (Å²) in [5, 5.41) is 10.2. The van der Waals surface area contributed by atoms with Gasteiger partial charge in [0.15, 0.2) is 0 Å². The van der Waals surface area contributed by atoms with Crippen molar-refractivity contribution in [1.82, 2.24) is 4.90 Å². The molecule has 0 bridgehead atoms. The van der Waals surface area contributed by atoms with Gasteiger partial charge in [-0.05, 0) is 82.5 Å². The van der Waals surface area contributed by atoms with Crippen LogP contribution < -0.4 is 10.2 Å². The summed E-state index contributed by atoms with van der Waals surface area (Å²) in [6.45, 7) is 9.86. The third kappa shape index (κ3) is 6.97. The Morgan fingerprint density at radius 3 is 2.23 bits per heavy atom. The van der Waals surface area contributed by atoms with Crippen LogP contribution in [0.5, 0.6) is 0 Å². The smallest absolute Gasteiger partial charge is 0.475 e. The number of likely N-dealkylation sites (tertiary alicyclic amines) is 1. The van der Waals surface area contributed by atoms with E-state index < -0.39 is 12.1 Å². The van der Waals surface area contributed by atoms with E-state index in [1.807, 2.05) is 44.2 Å². The van der Waals surface area contributed by atoms with Gasteiger partial charge in [0.1, 0.15) is 0 Å². The quantitative estimate of drug-likeness (QED) is 0.611. The molecule has 0 spiro atoms. The van der Waals surface area contributed by atoms with Crippen molar-refractivity contribution in [2.45, 2.75) is 58.3 Å². The van der Waals surface area contributed by atoms with E-state index in [0.29, 0.717) is 6.04 Å². The van der Waals surface area contributed by atoms with Gasteiger partial charge in [-0.2, -0.15) is 13.2 Å². The molecule has 1 amide bonds. The minimum atomic E-state index is -5.08. The molecule has 190 valence electrons. The van der Waals surface area contributed by atoms with Crippen LogP contribution in [0.4, 0.5) is 24.5 Å². The first kappa shape index (κ1) is 26.5. The van der Waals surface area contributed by atoms with Crippen LogP contribution in [0.3, 0.4) is 0 Å². The number of halogens is 3. The Kier molecular flexibility index (Phi) is 8.43. The van der Waals surface area contributed by atoms with Crippen molar-refractivity contribution in [3.05, 3.63) is 59.2 Å². The van der Waals surface area contributed by atoms with Crippen molar-refractivity contribution in [2.75, 3.05) is 29.9 Å². The maximum absolute atomic E-state index is 12.6. The number of carboxylic acids is 1. The first-order valence-corrected chi connectivity index (χ1v) is 11.7. The lowest BCUT2D eigenvalue weighted by Crippen LogP contribution is -2.39. The number of amides is 1. The molecule has 4 rings (SSSR count). The number of benzene rings is 2. The molecule has 2 atom stereocenters. The van der Waals surface area contributed by atoms with Crippen molar-refractivity contribution < 1.29 is 27.9 Å². The number of rotatable bonds is 4. The minimum Gasteiger partial charge on any atom is -0.475 e. The van der Waals surface area contributed by atoms with Gasteiger partial charge in [-0.25, -0.2) is 4.79 Å². The van der Waals surface area contributed by atoms with Crippen molar-refractivity contribution in [2.24, 2.45) is 0 Å². The summed E-state index contributed by atoms with van der Waals surface area (Å²) in [4.78, 5) is 26.6.